The Kier molecular flexibility index (Phi) is 8.52. The lowest BCUT2D eigenvalue weighted by molar-refractivity contribution is -0.123. The van der Waals surface area contributed by atoms with Gasteiger partial charge in [-0.1, -0.05) is 29.8 Å². The molecule has 2 atom stereocenters. The third kappa shape index (κ3) is 6.70. The Balaban J connectivity index is 1.69. The van der Waals surface area contributed by atoms with Gasteiger partial charge in [0.2, 0.25) is 11.8 Å². The number of halogens is 1. The Hall–Kier alpha value is -4.29. The zero-order valence-electron chi connectivity index (χ0n) is 23.9. The summed E-state index contributed by atoms with van der Waals surface area (Å²) in [6.45, 7) is 6.10. The second kappa shape index (κ2) is 12.1. The predicted molar refractivity (Wildman–Crippen MR) is 162 cm³/mol. The van der Waals surface area contributed by atoms with Crippen LogP contribution in [0.1, 0.15) is 66.5 Å². The SMILES string of the molecule is CC(C)(C)Oc1cc(C(=O)CC(N)=O)ccc1C1=N[C@@H](c2ccsn2)[C@@H](c2ccc(Cl)cc2)N1C(=O)N1CCNC(=O)C1. The van der Waals surface area contributed by atoms with Crippen LogP contribution < -0.4 is 15.8 Å². The number of aromatic nitrogens is 1. The van der Waals surface area contributed by atoms with Crippen LogP contribution in [0.15, 0.2) is 58.9 Å². The van der Waals surface area contributed by atoms with Crippen molar-refractivity contribution in [3.8, 4) is 5.75 Å². The lowest BCUT2D eigenvalue weighted by Gasteiger charge is -2.35. The van der Waals surface area contributed by atoms with Gasteiger partial charge in [-0.15, -0.1) is 0 Å². The molecule has 0 saturated carbocycles. The van der Waals surface area contributed by atoms with Gasteiger partial charge in [0.25, 0.3) is 0 Å². The van der Waals surface area contributed by atoms with Gasteiger partial charge in [-0.25, -0.2) is 4.79 Å². The van der Waals surface area contributed by atoms with Gasteiger partial charge in [0.15, 0.2) is 5.78 Å². The smallest absolute Gasteiger partial charge is 0.326 e. The predicted octanol–water partition coefficient (Wildman–Crippen LogP) is 4.13. The molecule has 0 aliphatic carbocycles. The summed E-state index contributed by atoms with van der Waals surface area (Å²) in [7, 11) is 0. The summed E-state index contributed by atoms with van der Waals surface area (Å²) in [6, 6.07) is 12.1. The minimum atomic E-state index is -0.744. The number of aliphatic imine (C=N–C) groups is 1. The van der Waals surface area contributed by atoms with Gasteiger partial charge >= 0.3 is 6.03 Å². The minimum Gasteiger partial charge on any atom is -0.487 e. The topological polar surface area (TPSA) is 147 Å². The molecule has 3 aromatic rings. The normalized spacial score (nSPS) is 18.7. The van der Waals surface area contributed by atoms with E-state index in [1.807, 2.05) is 44.4 Å². The van der Waals surface area contributed by atoms with Crippen molar-refractivity contribution in [1.29, 1.82) is 0 Å². The molecule has 1 saturated heterocycles. The molecule has 5 rings (SSSR count). The summed E-state index contributed by atoms with van der Waals surface area (Å²) in [5.74, 6) is -0.873. The number of ketones is 1. The third-order valence-electron chi connectivity index (χ3n) is 6.85. The average molecular weight is 623 g/mol. The molecule has 2 aliphatic heterocycles. The van der Waals surface area contributed by atoms with Crippen LogP contribution in [0.4, 0.5) is 4.79 Å². The highest BCUT2D eigenvalue weighted by molar-refractivity contribution is 7.03. The first-order valence-corrected chi connectivity index (χ1v) is 14.9. The van der Waals surface area contributed by atoms with Crippen LogP contribution in [-0.2, 0) is 9.59 Å². The molecule has 2 aliphatic rings. The van der Waals surface area contributed by atoms with E-state index in [4.69, 9.17) is 27.1 Å². The number of amidine groups is 1. The van der Waals surface area contributed by atoms with Crippen LogP contribution in [0, 0.1) is 0 Å². The largest absolute Gasteiger partial charge is 0.487 e. The second-order valence-corrected chi connectivity index (χ2v) is 12.3. The van der Waals surface area contributed by atoms with Gasteiger partial charge in [-0.05, 0) is 68.2 Å². The maximum atomic E-state index is 14.4. The zero-order chi connectivity index (χ0) is 30.9. The molecule has 3 N–H and O–H groups in total. The summed E-state index contributed by atoms with van der Waals surface area (Å²) < 4.78 is 10.9. The number of nitrogens with one attached hydrogen (secondary N) is 1. The molecule has 0 radical (unpaired) electrons. The van der Waals surface area contributed by atoms with E-state index in [-0.39, 0.29) is 18.0 Å². The van der Waals surface area contributed by atoms with Gasteiger partial charge in [-0.2, -0.15) is 4.37 Å². The van der Waals surface area contributed by atoms with Crippen LogP contribution in [0.25, 0.3) is 0 Å². The monoisotopic (exact) mass is 622 g/mol. The van der Waals surface area contributed by atoms with Crippen molar-refractivity contribution in [2.45, 2.75) is 44.9 Å². The molecule has 2 aromatic carbocycles. The van der Waals surface area contributed by atoms with Crippen molar-refractivity contribution in [1.82, 2.24) is 19.5 Å². The van der Waals surface area contributed by atoms with E-state index in [2.05, 4.69) is 9.69 Å². The number of hydrogen-bond donors (Lipinski definition) is 2. The zero-order valence-corrected chi connectivity index (χ0v) is 25.4. The van der Waals surface area contributed by atoms with Crippen LogP contribution >= 0.6 is 23.1 Å². The quantitative estimate of drug-likeness (QED) is 0.299. The van der Waals surface area contributed by atoms with Crippen molar-refractivity contribution in [3.05, 3.63) is 81.3 Å². The maximum Gasteiger partial charge on any atom is 0.326 e. The molecule has 224 valence electrons. The average Bonchev–Trinajstić information content (AvgIpc) is 3.60. The van der Waals surface area contributed by atoms with E-state index in [0.29, 0.717) is 41.0 Å². The van der Waals surface area contributed by atoms with Gasteiger partial charge in [0.1, 0.15) is 29.8 Å². The first-order chi connectivity index (χ1) is 20.4. The van der Waals surface area contributed by atoms with Crippen LogP contribution in [0.3, 0.4) is 0 Å². The molecule has 11 nitrogen and oxygen atoms in total. The number of primary amides is 1. The molecule has 1 fully saturated rings. The van der Waals surface area contributed by atoms with Gasteiger partial charge in [0, 0.05) is 29.1 Å². The fourth-order valence-electron chi connectivity index (χ4n) is 5.05. The summed E-state index contributed by atoms with van der Waals surface area (Å²) in [4.78, 5) is 59.1. The van der Waals surface area contributed by atoms with Gasteiger partial charge in [-0.3, -0.25) is 24.3 Å². The fourth-order valence-corrected chi connectivity index (χ4v) is 5.73. The number of ether oxygens (including phenoxy) is 1. The van der Waals surface area contributed by atoms with E-state index in [9.17, 15) is 19.2 Å². The summed E-state index contributed by atoms with van der Waals surface area (Å²) >= 11 is 7.50. The number of carbonyl (C=O) groups excluding carboxylic acids is 4. The van der Waals surface area contributed by atoms with E-state index >= 15 is 0 Å². The molecule has 1 aromatic heterocycles. The molecule has 0 spiro atoms. The number of amides is 4. The van der Waals surface area contributed by atoms with Crippen molar-refractivity contribution in [3.63, 3.8) is 0 Å². The van der Waals surface area contributed by atoms with Crippen LogP contribution in [-0.4, -0.2) is 68.9 Å². The highest BCUT2D eigenvalue weighted by Crippen LogP contribution is 2.45. The van der Waals surface area contributed by atoms with E-state index in [1.54, 1.807) is 35.2 Å². The Bertz CT molecular complexity index is 1590. The molecule has 0 bridgehead atoms. The number of benzene rings is 2. The van der Waals surface area contributed by atoms with Gasteiger partial charge in [0.05, 0.1) is 23.7 Å². The maximum absolute atomic E-state index is 14.4. The molecule has 3 heterocycles. The van der Waals surface area contributed by atoms with E-state index < -0.39 is 41.8 Å². The standard InChI is InChI=1S/C30H31ClN6O5S/c1-30(2,3)42-23-14-18(22(38)15-24(32)39)6-9-20(23)28-34-26(21-10-13-43-35-21)27(17-4-7-19(31)8-5-17)37(28)29(41)36-12-11-33-25(40)16-36/h4-10,13-14,26-27H,11-12,15-16H2,1-3H3,(H2,32,39)(H,33,40)/t26-,27+/m0/s1. The van der Waals surface area contributed by atoms with Crippen molar-refractivity contribution >= 4 is 52.6 Å². The second-order valence-electron chi connectivity index (χ2n) is 11.2. The number of rotatable bonds is 7. The first-order valence-electron chi connectivity index (χ1n) is 13.6. The van der Waals surface area contributed by atoms with Crippen molar-refractivity contribution < 1.29 is 23.9 Å². The van der Waals surface area contributed by atoms with Crippen LogP contribution in [0.2, 0.25) is 5.02 Å². The number of nitrogens with zero attached hydrogens (tertiary/aromatic N) is 4. The third-order valence-corrected chi connectivity index (χ3v) is 7.68. The van der Waals surface area contributed by atoms with Crippen molar-refractivity contribution in [2.24, 2.45) is 10.7 Å². The molecular formula is C30H31ClN6O5S. The molecule has 4 amide bonds. The Morgan fingerprint density at radius 2 is 1.88 bits per heavy atom. The number of carbonyl (C=O) groups is 4. The highest BCUT2D eigenvalue weighted by Gasteiger charge is 2.46. The summed E-state index contributed by atoms with van der Waals surface area (Å²) in [6.07, 6.45) is -0.457. The van der Waals surface area contributed by atoms with Crippen LogP contribution in [0.5, 0.6) is 5.75 Å². The lowest BCUT2D eigenvalue weighted by Crippen LogP contribution is -2.55. The lowest BCUT2D eigenvalue weighted by atomic mass is 9.97. The number of Topliss-reactive ketones (excluding diaryl/α,β-unsaturated/α-hetero) is 1. The first kappa shape index (κ1) is 30.2. The highest BCUT2D eigenvalue weighted by atomic mass is 35.5. The molecular weight excluding hydrogens is 592 g/mol. The number of piperazine rings is 1. The Morgan fingerprint density at radius 3 is 2.51 bits per heavy atom. The molecule has 43 heavy (non-hydrogen) atoms. The summed E-state index contributed by atoms with van der Waals surface area (Å²) in [5.41, 5.74) is 6.70. The van der Waals surface area contributed by atoms with Gasteiger partial charge < -0.3 is 20.7 Å². The number of urea groups is 1. The Morgan fingerprint density at radius 1 is 1.14 bits per heavy atom. The number of hydrogen-bond acceptors (Lipinski definition) is 8. The Labute approximate surface area is 257 Å². The van der Waals surface area contributed by atoms with E-state index in [1.165, 1.54) is 16.4 Å². The fraction of sp³-hybridized carbons (Fsp3) is 0.333. The van der Waals surface area contributed by atoms with E-state index in [0.717, 1.165) is 5.56 Å². The minimum absolute atomic E-state index is 0.108. The summed E-state index contributed by atoms with van der Waals surface area (Å²) in [5, 5.41) is 5.14. The number of nitrogens with two attached hydrogens (primary N) is 1. The van der Waals surface area contributed by atoms with Crippen molar-refractivity contribution in [2.75, 3.05) is 19.6 Å². The molecule has 0 unspecified atom stereocenters. The molecule has 13 heteroatoms.